The number of carboxylic acid groups (broad SMARTS) is 1. The molecule has 0 bridgehead atoms. The summed E-state index contributed by atoms with van der Waals surface area (Å²) in [4.78, 5) is 11.5. The fourth-order valence-corrected chi connectivity index (χ4v) is 2.75. The Morgan fingerprint density at radius 1 is 1.08 bits per heavy atom. The fourth-order valence-electron chi connectivity index (χ4n) is 2.75. The van der Waals surface area contributed by atoms with Crippen LogP contribution in [0.5, 0.6) is 5.75 Å². The highest BCUT2D eigenvalue weighted by Crippen LogP contribution is 2.44. The van der Waals surface area contributed by atoms with Crippen LogP contribution in [0.15, 0.2) is 36.4 Å². The first-order valence-electron chi connectivity index (χ1n) is 7.72. The lowest BCUT2D eigenvalue weighted by atomic mass is 9.85. The van der Waals surface area contributed by atoms with E-state index in [4.69, 9.17) is 4.74 Å². The number of carbonyl (C=O) groups is 1. The van der Waals surface area contributed by atoms with Crippen LogP contribution >= 0.6 is 0 Å². The third kappa shape index (κ3) is 3.89. The van der Waals surface area contributed by atoms with Crippen LogP contribution in [0.25, 0.3) is 10.8 Å². The molecule has 2 atom stereocenters. The zero-order chi connectivity index (χ0) is 19.7. The van der Waals surface area contributed by atoms with Crippen molar-refractivity contribution < 1.29 is 36.6 Å². The third-order valence-corrected chi connectivity index (χ3v) is 4.36. The van der Waals surface area contributed by atoms with Gasteiger partial charge < -0.3 is 9.84 Å². The highest BCUT2D eigenvalue weighted by Gasteiger charge is 2.61. The monoisotopic (exact) mass is 376 g/mol. The molecule has 2 aromatic carbocycles. The van der Waals surface area contributed by atoms with Gasteiger partial charge in [-0.1, -0.05) is 31.2 Å². The summed E-state index contributed by atoms with van der Waals surface area (Å²) in [7, 11) is 1.48. The summed E-state index contributed by atoms with van der Waals surface area (Å²) in [6.07, 6.45) is -6.57. The molecule has 0 saturated carbocycles. The Morgan fingerprint density at radius 2 is 1.65 bits per heavy atom. The predicted molar refractivity (Wildman–Crippen MR) is 85.7 cm³/mol. The molecule has 26 heavy (non-hydrogen) atoms. The molecule has 0 aliphatic carbocycles. The van der Waals surface area contributed by atoms with Crippen molar-refractivity contribution in [3.8, 4) is 5.75 Å². The quantitative estimate of drug-likeness (QED) is 0.702. The summed E-state index contributed by atoms with van der Waals surface area (Å²) in [5.74, 6) is -9.51. The maximum absolute atomic E-state index is 13.5. The smallest absolute Gasteiger partial charge is 0.453 e. The number of aliphatic carboxylic acids is 1. The second-order valence-electron chi connectivity index (χ2n) is 6.12. The van der Waals surface area contributed by atoms with E-state index >= 15 is 0 Å². The van der Waals surface area contributed by atoms with E-state index in [2.05, 4.69) is 0 Å². The summed E-state index contributed by atoms with van der Waals surface area (Å²) < 4.78 is 69.5. The molecule has 0 fully saturated rings. The zero-order valence-electron chi connectivity index (χ0n) is 14.0. The Labute approximate surface area is 146 Å². The first-order valence-corrected chi connectivity index (χ1v) is 7.72. The summed E-state index contributed by atoms with van der Waals surface area (Å²) in [6.45, 7) is 0.704. The van der Waals surface area contributed by atoms with Gasteiger partial charge in [0.2, 0.25) is 0 Å². The molecule has 0 aliphatic heterocycles. The van der Waals surface area contributed by atoms with Gasteiger partial charge in [0, 0.05) is 5.92 Å². The Balaban J connectivity index is 2.35. The summed E-state index contributed by atoms with van der Waals surface area (Å²) in [6, 6.07) is 9.47. The van der Waals surface area contributed by atoms with Crippen LogP contribution in [0, 0.1) is 5.92 Å². The molecule has 0 saturated heterocycles. The lowest BCUT2D eigenvalue weighted by Gasteiger charge is -2.28. The van der Waals surface area contributed by atoms with Crippen LogP contribution in [0.2, 0.25) is 0 Å². The number of fused-ring (bicyclic) bond motifs is 1. The molecule has 142 valence electrons. The molecule has 0 radical (unpaired) electrons. The van der Waals surface area contributed by atoms with E-state index in [1.165, 1.54) is 19.2 Å². The van der Waals surface area contributed by atoms with E-state index in [0.29, 0.717) is 18.1 Å². The largest absolute Gasteiger partial charge is 0.497 e. The second kappa shape index (κ2) is 7.09. The third-order valence-electron chi connectivity index (χ3n) is 4.36. The fraction of sp³-hybridized carbons (Fsp3) is 0.389. The number of halogens is 5. The van der Waals surface area contributed by atoms with Crippen LogP contribution in [-0.2, 0) is 4.79 Å². The summed E-state index contributed by atoms with van der Waals surface area (Å²) >= 11 is 0. The van der Waals surface area contributed by atoms with Crippen molar-refractivity contribution in [1.29, 1.82) is 0 Å². The molecule has 3 nitrogen and oxygen atoms in total. The van der Waals surface area contributed by atoms with E-state index in [-0.39, 0.29) is 5.56 Å². The average Bonchev–Trinajstić information content (AvgIpc) is 2.57. The second-order valence-corrected chi connectivity index (χ2v) is 6.12. The molecule has 2 rings (SSSR count). The number of hydrogen-bond acceptors (Lipinski definition) is 2. The Kier molecular flexibility index (Phi) is 5.44. The van der Waals surface area contributed by atoms with Gasteiger partial charge in [0.05, 0.1) is 13.0 Å². The number of carboxylic acids is 1. The van der Waals surface area contributed by atoms with E-state index in [9.17, 15) is 31.9 Å². The molecule has 0 unspecified atom stereocenters. The molecule has 2 aromatic rings. The standard InChI is InChI=1S/C18H17F5O3/c1-10(17(19,20)18(21,22)23)7-15(16(24)25)13-4-3-12-9-14(26-2)6-5-11(12)8-13/h3-6,8-10,15H,7H2,1-2H3,(H,24,25)/t10-,15+/m1/s1. The topological polar surface area (TPSA) is 46.5 Å². The molecular weight excluding hydrogens is 359 g/mol. The minimum Gasteiger partial charge on any atom is -0.497 e. The molecule has 0 heterocycles. The number of benzene rings is 2. The van der Waals surface area contributed by atoms with Crippen molar-refractivity contribution >= 4 is 16.7 Å². The molecule has 0 aromatic heterocycles. The van der Waals surface area contributed by atoms with Crippen LogP contribution in [0.4, 0.5) is 22.0 Å². The normalized spacial score (nSPS) is 14.9. The number of hydrogen-bond donors (Lipinski definition) is 1. The van der Waals surface area contributed by atoms with E-state index in [1.54, 1.807) is 24.3 Å². The minimum atomic E-state index is -5.73. The number of methoxy groups -OCH3 is 1. The molecule has 0 spiro atoms. The first-order chi connectivity index (χ1) is 12.0. The summed E-state index contributed by atoms with van der Waals surface area (Å²) in [5, 5.41) is 10.7. The SMILES string of the molecule is COc1ccc2cc([C@H](C[C@@H](C)C(F)(F)C(F)(F)F)C(=O)O)ccc2c1. The Morgan fingerprint density at radius 3 is 2.19 bits per heavy atom. The maximum Gasteiger partial charge on any atom is 0.453 e. The summed E-state index contributed by atoms with van der Waals surface area (Å²) in [5.41, 5.74) is 0.167. The number of rotatable bonds is 6. The van der Waals surface area contributed by atoms with Crippen LogP contribution in [0.1, 0.15) is 24.8 Å². The van der Waals surface area contributed by atoms with Crippen molar-refractivity contribution in [2.75, 3.05) is 7.11 Å². The van der Waals surface area contributed by atoms with Gasteiger partial charge in [0.25, 0.3) is 0 Å². The van der Waals surface area contributed by atoms with Gasteiger partial charge in [-0.05, 0) is 34.9 Å². The predicted octanol–water partition coefficient (Wildman–Crippen LogP) is 5.24. The molecule has 0 aliphatic rings. The number of alkyl halides is 5. The van der Waals surface area contributed by atoms with Gasteiger partial charge in [-0.15, -0.1) is 0 Å². The zero-order valence-corrected chi connectivity index (χ0v) is 14.0. The molecule has 1 N–H and O–H groups in total. The van der Waals surface area contributed by atoms with Crippen LogP contribution < -0.4 is 4.74 Å². The lowest BCUT2D eigenvalue weighted by molar-refractivity contribution is -0.301. The van der Waals surface area contributed by atoms with Gasteiger partial charge in [-0.3, -0.25) is 4.79 Å². The van der Waals surface area contributed by atoms with Crippen LogP contribution in [-0.4, -0.2) is 30.3 Å². The number of ether oxygens (including phenoxy) is 1. The van der Waals surface area contributed by atoms with Crippen molar-refractivity contribution in [2.24, 2.45) is 5.92 Å². The van der Waals surface area contributed by atoms with E-state index in [0.717, 1.165) is 5.39 Å². The molecule has 8 heteroatoms. The van der Waals surface area contributed by atoms with Gasteiger partial charge in [-0.25, -0.2) is 0 Å². The average molecular weight is 376 g/mol. The maximum atomic E-state index is 13.5. The lowest BCUT2D eigenvalue weighted by Crippen LogP contribution is -2.43. The highest BCUT2D eigenvalue weighted by atomic mass is 19.4. The van der Waals surface area contributed by atoms with E-state index < -0.39 is 36.3 Å². The van der Waals surface area contributed by atoms with Gasteiger partial charge in [0.15, 0.2) is 0 Å². The van der Waals surface area contributed by atoms with Crippen molar-refractivity contribution in [3.05, 3.63) is 42.0 Å². The van der Waals surface area contributed by atoms with Crippen molar-refractivity contribution in [3.63, 3.8) is 0 Å². The molecular formula is C18H17F5O3. The minimum absolute atomic E-state index is 0.167. The van der Waals surface area contributed by atoms with Gasteiger partial charge in [-0.2, -0.15) is 22.0 Å². The van der Waals surface area contributed by atoms with Crippen molar-refractivity contribution in [1.82, 2.24) is 0 Å². The first kappa shape index (κ1) is 19.9. The van der Waals surface area contributed by atoms with E-state index in [1.807, 2.05) is 0 Å². The Hall–Kier alpha value is -2.38. The molecule has 0 amide bonds. The van der Waals surface area contributed by atoms with Crippen LogP contribution in [0.3, 0.4) is 0 Å². The Bertz CT molecular complexity index is 801. The van der Waals surface area contributed by atoms with Gasteiger partial charge >= 0.3 is 18.1 Å². The van der Waals surface area contributed by atoms with Gasteiger partial charge in [0.1, 0.15) is 5.75 Å². The van der Waals surface area contributed by atoms with Crippen molar-refractivity contribution in [2.45, 2.75) is 31.4 Å². The highest BCUT2D eigenvalue weighted by molar-refractivity contribution is 5.86.